The molecule has 1 atom stereocenters. The highest BCUT2D eigenvalue weighted by atomic mass is 19.1. The first-order chi connectivity index (χ1) is 9.42. The molecule has 2 aromatic rings. The topological polar surface area (TPSA) is 29.9 Å². The number of nitrogens with one attached hydrogen (secondary N) is 1. The van der Waals surface area contributed by atoms with E-state index in [2.05, 4.69) is 31.2 Å². The lowest BCUT2D eigenvalue weighted by Crippen LogP contribution is -2.09. The molecule has 0 spiro atoms. The van der Waals surface area contributed by atoms with Gasteiger partial charge in [-0.05, 0) is 58.4 Å². The summed E-state index contributed by atoms with van der Waals surface area (Å²) >= 11 is 0. The summed E-state index contributed by atoms with van der Waals surface area (Å²) in [6.45, 7) is 11.0. The number of aromatic nitrogens is 2. The van der Waals surface area contributed by atoms with Crippen LogP contribution in [0.5, 0.6) is 0 Å². The summed E-state index contributed by atoms with van der Waals surface area (Å²) in [5.41, 5.74) is 5.10. The van der Waals surface area contributed by atoms with Gasteiger partial charge in [0, 0.05) is 23.5 Å². The van der Waals surface area contributed by atoms with Crippen LogP contribution in [-0.4, -0.2) is 9.78 Å². The van der Waals surface area contributed by atoms with Gasteiger partial charge in [0.25, 0.3) is 0 Å². The second-order valence-corrected chi connectivity index (χ2v) is 5.28. The molecule has 0 fully saturated rings. The van der Waals surface area contributed by atoms with Crippen molar-refractivity contribution in [1.82, 2.24) is 9.78 Å². The Bertz CT molecular complexity index is 596. The number of hydrogen-bond donors (Lipinski definition) is 1. The van der Waals surface area contributed by atoms with Crippen LogP contribution >= 0.6 is 0 Å². The molecule has 0 saturated carbocycles. The van der Waals surface area contributed by atoms with Crippen LogP contribution in [0.1, 0.15) is 42.4 Å². The maximum absolute atomic E-state index is 13.4. The van der Waals surface area contributed by atoms with E-state index >= 15 is 0 Å². The molecule has 1 N–H and O–H groups in total. The Hall–Kier alpha value is -1.84. The summed E-state index contributed by atoms with van der Waals surface area (Å²) in [6.07, 6.45) is 0. The Balaban J connectivity index is 2.28. The highest BCUT2D eigenvalue weighted by molar-refractivity contribution is 5.48. The van der Waals surface area contributed by atoms with Gasteiger partial charge in [0.2, 0.25) is 0 Å². The smallest absolute Gasteiger partial charge is 0.125 e. The van der Waals surface area contributed by atoms with E-state index < -0.39 is 0 Å². The van der Waals surface area contributed by atoms with E-state index in [1.807, 2.05) is 24.6 Å². The van der Waals surface area contributed by atoms with E-state index in [4.69, 9.17) is 0 Å². The second kappa shape index (κ2) is 5.65. The number of nitrogens with zero attached hydrogens (tertiary/aromatic N) is 2. The molecule has 1 heterocycles. The van der Waals surface area contributed by atoms with Crippen molar-refractivity contribution in [3.8, 4) is 0 Å². The molecule has 3 nitrogen and oxygen atoms in total. The van der Waals surface area contributed by atoms with E-state index in [9.17, 15) is 4.39 Å². The molecule has 0 aliphatic heterocycles. The molecule has 0 bridgehead atoms. The zero-order chi connectivity index (χ0) is 14.9. The van der Waals surface area contributed by atoms with Crippen molar-refractivity contribution < 1.29 is 4.39 Å². The Morgan fingerprint density at radius 3 is 2.50 bits per heavy atom. The summed E-state index contributed by atoms with van der Waals surface area (Å²) in [7, 11) is 0. The van der Waals surface area contributed by atoms with Crippen molar-refractivity contribution >= 4 is 5.69 Å². The van der Waals surface area contributed by atoms with E-state index in [0.717, 1.165) is 29.2 Å². The summed E-state index contributed by atoms with van der Waals surface area (Å²) in [5, 5.41) is 7.89. The molecule has 1 aromatic carbocycles. The highest BCUT2D eigenvalue weighted by Crippen LogP contribution is 2.26. The third kappa shape index (κ3) is 2.84. The Labute approximate surface area is 119 Å². The first kappa shape index (κ1) is 14.6. The van der Waals surface area contributed by atoms with Crippen molar-refractivity contribution in [3.05, 3.63) is 46.5 Å². The normalized spacial score (nSPS) is 12.5. The molecule has 108 valence electrons. The fourth-order valence-electron chi connectivity index (χ4n) is 2.79. The number of benzene rings is 1. The summed E-state index contributed by atoms with van der Waals surface area (Å²) in [5.74, 6) is -0.211. The van der Waals surface area contributed by atoms with Gasteiger partial charge in [-0.25, -0.2) is 4.39 Å². The first-order valence-corrected chi connectivity index (χ1v) is 7.00. The van der Waals surface area contributed by atoms with Crippen molar-refractivity contribution in [2.45, 2.75) is 47.2 Å². The molecule has 0 amide bonds. The van der Waals surface area contributed by atoms with E-state index in [-0.39, 0.29) is 11.9 Å². The van der Waals surface area contributed by atoms with Crippen LogP contribution in [0.15, 0.2) is 18.2 Å². The minimum Gasteiger partial charge on any atom is -0.378 e. The van der Waals surface area contributed by atoms with Crippen molar-refractivity contribution in [2.24, 2.45) is 0 Å². The van der Waals surface area contributed by atoms with Gasteiger partial charge >= 0.3 is 0 Å². The first-order valence-electron chi connectivity index (χ1n) is 7.00. The molecule has 1 unspecified atom stereocenters. The van der Waals surface area contributed by atoms with Crippen LogP contribution in [0.3, 0.4) is 0 Å². The molecule has 0 aliphatic rings. The van der Waals surface area contributed by atoms with Crippen molar-refractivity contribution in [2.75, 3.05) is 5.32 Å². The summed E-state index contributed by atoms with van der Waals surface area (Å²) in [4.78, 5) is 0. The standard InChI is InChI=1S/C16H22FN3/c1-6-20-13(5)16(12(4)19-20)11(3)18-15-8-10(2)7-14(17)9-15/h7-9,11,18H,6H2,1-5H3. The Morgan fingerprint density at radius 1 is 1.25 bits per heavy atom. The average Bonchev–Trinajstić information content (AvgIpc) is 2.62. The van der Waals surface area contributed by atoms with Gasteiger partial charge in [-0.2, -0.15) is 5.10 Å². The molecule has 4 heteroatoms. The lowest BCUT2D eigenvalue weighted by atomic mass is 10.1. The lowest BCUT2D eigenvalue weighted by molar-refractivity contribution is 0.626. The van der Waals surface area contributed by atoms with Crippen LogP contribution < -0.4 is 5.32 Å². The monoisotopic (exact) mass is 275 g/mol. The molecule has 0 saturated heterocycles. The average molecular weight is 275 g/mol. The van der Waals surface area contributed by atoms with Gasteiger partial charge in [-0.1, -0.05) is 0 Å². The van der Waals surface area contributed by atoms with Crippen LogP contribution in [0.4, 0.5) is 10.1 Å². The third-order valence-corrected chi connectivity index (χ3v) is 3.60. The number of anilines is 1. The van der Waals surface area contributed by atoms with Gasteiger partial charge in [0.05, 0.1) is 11.7 Å². The number of aryl methyl sites for hydroxylation is 3. The fraction of sp³-hybridized carbons (Fsp3) is 0.438. The molecular formula is C16H22FN3. The molecule has 0 radical (unpaired) electrons. The fourth-order valence-corrected chi connectivity index (χ4v) is 2.79. The molecule has 0 aliphatic carbocycles. The van der Waals surface area contributed by atoms with Crippen LogP contribution in [0, 0.1) is 26.6 Å². The van der Waals surface area contributed by atoms with Crippen molar-refractivity contribution in [3.63, 3.8) is 0 Å². The van der Waals surface area contributed by atoms with E-state index in [1.54, 1.807) is 0 Å². The largest absolute Gasteiger partial charge is 0.378 e. The third-order valence-electron chi connectivity index (χ3n) is 3.60. The maximum atomic E-state index is 13.4. The van der Waals surface area contributed by atoms with Crippen molar-refractivity contribution in [1.29, 1.82) is 0 Å². The second-order valence-electron chi connectivity index (χ2n) is 5.28. The minimum absolute atomic E-state index is 0.0940. The van der Waals surface area contributed by atoms with Gasteiger partial charge in [0.1, 0.15) is 5.82 Å². The van der Waals surface area contributed by atoms with Crippen LogP contribution in [0.25, 0.3) is 0 Å². The Kier molecular flexibility index (Phi) is 4.12. The van der Waals surface area contributed by atoms with Crippen LogP contribution in [0.2, 0.25) is 0 Å². The predicted octanol–water partition coefficient (Wildman–Crippen LogP) is 4.14. The maximum Gasteiger partial charge on any atom is 0.125 e. The van der Waals surface area contributed by atoms with Crippen LogP contribution in [-0.2, 0) is 6.54 Å². The number of hydrogen-bond acceptors (Lipinski definition) is 2. The number of halogens is 1. The molecular weight excluding hydrogens is 253 g/mol. The molecule has 2 rings (SSSR count). The predicted molar refractivity (Wildman–Crippen MR) is 80.5 cm³/mol. The van der Waals surface area contributed by atoms with Gasteiger partial charge in [0.15, 0.2) is 0 Å². The van der Waals surface area contributed by atoms with Gasteiger partial charge < -0.3 is 5.32 Å². The SMILES string of the molecule is CCn1nc(C)c(C(C)Nc2cc(C)cc(F)c2)c1C. The highest BCUT2D eigenvalue weighted by Gasteiger charge is 2.17. The van der Waals surface area contributed by atoms with E-state index in [0.29, 0.717) is 0 Å². The summed E-state index contributed by atoms with van der Waals surface area (Å²) in [6, 6.07) is 5.10. The quantitative estimate of drug-likeness (QED) is 0.908. The Morgan fingerprint density at radius 2 is 1.95 bits per heavy atom. The van der Waals surface area contributed by atoms with Gasteiger partial charge in [-0.15, -0.1) is 0 Å². The minimum atomic E-state index is -0.211. The zero-order valence-corrected chi connectivity index (χ0v) is 12.8. The summed E-state index contributed by atoms with van der Waals surface area (Å²) < 4.78 is 15.4. The molecule has 1 aromatic heterocycles. The van der Waals surface area contributed by atoms with E-state index in [1.165, 1.54) is 17.7 Å². The number of rotatable bonds is 4. The molecule has 20 heavy (non-hydrogen) atoms. The zero-order valence-electron chi connectivity index (χ0n) is 12.8. The van der Waals surface area contributed by atoms with Gasteiger partial charge in [-0.3, -0.25) is 4.68 Å². The lowest BCUT2D eigenvalue weighted by Gasteiger charge is -2.17.